The van der Waals surface area contributed by atoms with E-state index in [2.05, 4.69) is 20.6 Å². The number of hydrogen-bond acceptors (Lipinski definition) is 5. The maximum absolute atomic E-state index is 13.7. The Morgan fingerprint density at radius 1 is 1.07 bits per heavy atom. The van der Waals surface area contributed by atoms with Crippen LogP contribution in [0.3, 0.4) is 0 Å². The minimum absolute atomic E-state index is 0.0758. The van der Waals surface area contributed by atoms with Crippen molar-refractivity contribution in [3.63, 3.8) is 0 Å². The maximum atomic E-state index is 13.7. The monoisotopic (exact) mass is 366 g/mol. The van der Waals surface area contributed by atoms with Crippen molar-refractivity contribution >= 4 is 23.2 Å². The molecular weight excluding hydrogens is 347 g/mol. The summed E-state index contributed by atoms with van der Waals surface area (Å²) in [5, 5.41) is 5.52. The Bertz CT molecular complexity index is 929. The van der Waals surface area contributed by atoms with Gasteiger partial charge in [0.2, 0.25) is 5.95 Å². The molecule has 2 aromatic carbocycles. The van der Waals surface area contributed by atoms with E-state index in [9.17, 15) is 9.18 Å². The lowest BCUT2D eigenvalue weighted by Gasteiger charge is -2.11. The molecule has 3 rings (SSSR count). The molecule has 0 spiro atoms. The van der Waals surface area contributed by atoms with E-state index in [1.807, 2.05) is 13.8 Å². The van der Waals surface area contributed by atoms with Crippen LogP contribution in [0.1, 0.15) is 24.3 Å². The number of rotatable bonds is 6. The van der Waals surface area contributed by atoms with Gasteiger partial charge in [0, 0.05) is 11.9 Å². The second-order valence-electron chi connectivity index (χ2n) is 6.02. The van der Waals surface area contributed by atoms with Crippen LogP contribution in [0.15, 0.2) is 60.8 Å². The molecule has 1 aromatic heterocycles. The van der Waals surface area contributed by atoms with Gasteiger partial charge in [0.05, 0.1) is 11.8 Å². The van der Waals surface area contributed by atoms with Gasteiger partial charge in [-0.1, -0.05) is 12.1 Å². The van der Waals surface area contributed by atoms with Crippen LogP contribution in [0.25, 0.3) is 0 Å². The minimum Gasteiger partial charge on any atom is -0.491 e. The molecule has 27 heavy (non-hydrogen) atoms. The summed E-state index contributed by atoms with van der Waals surface area (Å²) in [5.41, 5.74) is 1.00. The number of amides is 1. The molecule has 0 aliphatic heterocycles. The van der Waals surface area contributed by atoms with Crippen molar-refractivity contribution in [2.45, 2.75) is 20.0 Å². The molecule has 1 amide bonds. The van der Waals surface area contributed by atoms with Gasteiger partial charge in [-0.15, -0.1) is 0 Å². The number of aromatic nitrogens is 2. The van der Waals surface area contributed by atoms with Gasteiger partial charge >= 0.3 is 0 Å². The molecule has 0 unspecified atom stereocenters. The van der Waals surface area contributed by atoms with Crippen LogP contribution in [0.4, 0.5) is 21.7 Å². The van der Waals surface area contributed by atoms with Crippen LogP contribution in [0, 0.1) is 5.82 Å². The van der Waals surface area contributed by atoms with Gasteiger partial charge in [-0.2, -0.15) is 0 Å². The molecule has 0 saturated heterocycles. The first kappa shape index (κ1) is 18.3. The molecule has 7 heteroatoms. The topological polar surface area (TPSA) is 76.1 Å². The molecule has 0 radical (unpaired) electrons. The van der Waals surface area contributed by atoms with Crippen LogP contribution in [-0.4, -0.2) is 22.0 Å². The number of hydrogen-bond donors (Lipinski definition) is 2. The predicted molar refractivity (Wildman–Crippen MR) is 102 cm³/mol. The SMILES string of the molecule is CC(C)Oc1ccc(NC(=O)c2ccnc(Nc3ccccc3F)n2)cc1. The van der Waals surface area contributed by atoms with E-state index >= 15 is 0 Å². The fraction of sp³-hybridized carbons (Fsp3) is 0.150. The van der Waals surface area contributed by atoms with Crippen molar-refractivity contribution in [3.8, 4) is 5.75 Å². The zero-order chi connectivity index (χ0) is 19.2. The fourth-order valence-electron chi connectivity index (χ4n) is 2.31. The maximum Gasteiger partial charge on any atom is 0.274 e. The highest BCUT2D eigenvalue weighted by atomic mass is 19.1. The van der Waals surface area contributed by atoms with Gasteiger partial charge in [0.25, 0.3) is 5.91 Å². The second kappa shape index (κ2) is 8.27. The van der Waals surface area contributed by atoms with Crippen LogP contribution in [0.2, 0.25) is 0 Å². The van der Waals surface area contributed by atoms with Crippen molar-refractivity contribution in [1.29, 1.82) is 0 Å². The average Bonchev–Trinajstić information content (AvgIpc) is 2.65. The van der Waals surface area contributed by atoms with Crippen LogP contribution in [-0.2, 0) is 0 Å². The highest BCUT2D eigenvalue weighted by molar-refractivity contribution is 6.03. The van der Waals surface area contributed by atoms with E-state index < -0.39 is 11.7 Å². The molecule has 0 aliphatic rings. The molecule has 0 atom stereocenters. The standard InChI is InChI=1S/C20H19FN4O2/c1-13(2)27-15-9-7-14(8-10-15)23-19(26)18-11-12-22-20(25-18)24-17-6-4-3-5-16(17)21/h3-13H,1-2H3,(H,23,26)(H,22,24,25). The summed E-state index contributed by atoms with van der Waals surface area (Å²) in [5.74, 6) is 0.0287. The molecule has 1 heterocycles. The lowest BCUT2D eigenvalue weighted by Crippen LogP contribution is -2.15. The summed E-state index contributed by atoms with van der Waals surface area (Å²) < 4.78 is 19.3. The third kappa shape index (κ3) is 5.01. The van der Waals surface area contributed by atoms with E-state index in [1.165, 1.54) is 18.3 Å². The molecule has 0 aliphatic carbocycles. The number of nitrogens with zero attached hydrogens (tertiary/aromatic N) is 2. The summed E-state index contributed by atoms with van der Waals surface area (Å²) >= 11 is 0. The molecule has 0 bridgehead atoms. The number of ether oxygens (including phenoxy) is 1. The van der Waals surface area contributed by atoms with Gasteiger partial charge in [0.1, 0.15) is 17.3 Å². The quantitative estimate of drug-likeness (QED) is 0.676. The molecular formula is C20H19FN4O2. The molecule has 138 valence electrons. The zero-order valence-electron chi connectivity index (χ0n) is 14.9. The first-order chi connectivity index (χ1) is 13.0. The molecule has 6 nitrogen and oxygen atoms in total. The Morgan fingerprint density at radius 2 is 1.81 bits per heavy atom. The number of para-hydroxylation sites is 1. The Hall–Kier alpha value is -3.48. The van der Waals surface area contributed by atoms with Crippen LogP contribution < -0.4 is 15.4 Å². The van der Waals surface area contributed by atoms with Crippen molar-refractivity contribution in [1.82, 2.24) is 9.97 Å². The molecule has 0 saturated carbocycles. The summed E-state index contributed by atoms with van der Waals surface area (Å²) in [4.78, 5) is 20.6. The van der Waals surface area contributed by atoms with Gasteiger partial charge in [-0.3, -0.25) is 4.79 Å². The first-order valence-corrected chi connectivity index (χ1v) is 8.44. The second-order valence-corrected chi connectivity index (χ2v) is 6.02. The number of carbonyl (C=O) groups excluding carboxylic acids is 1. The number of halogens is 1. The van der Waals surface area contributed by atoms with Crippen molar-refractivity contribution in [2.75, 3.05) is 10.6 Å². The van der Waals surface area contributed by atoms with Crippen molar-refractivity contribution in [2.24, 2.45) is 0 Å². The normalized spacial score (nSPS) is 10.5. The fourth-order valence-corrected chi connectivity index (χ4v) is 2.31. The van der Waals surface area contributed by atoms with Gasteiger partial charge < -0.3 is 15.4 Å². The third-order valence-corrected chi connectivity index (χ3v) is 3.49. The smallest absolute Gasteiger partial charge is 0.274 e. The number of anilines is 3. The Kier molecular flexibility index (Phi) is 5.61. The van der Waals surface area contributed by atoms with Crippen LogP contribution in [0.5, 0.6) is 5.75 Å². The van der Waals surface area contributed by atoms with E-state index in [4.69, 9.17) is 4.74 Å². The van der Waals surface area contributed by atoms with Crippen molar-refractivity contribution in [3.05, 3.63) is 72.3 Å². The minimum atomic E-state index is -0.431. The summed E-state index contributed by atoms with van der Waals surface area (Å²) in [6.45, 7) is 3.88. The molecule has 0 fully saturated rings. The van der Waals surface area contributed by atoms with Gasteiger partial charge in [0.15, 0.2) is 0 Å². The summed E-state index contributed by atoms with van der Waals surface area (Å²) in [6, 6.07) is 14.7. The number of carbonyl (C=O) groups is 1. The molecule has 2 N–H and O–H groups in total. The third-order valence-electron chi connectivity index (χ3n) is 3.49. The number of benzene rings is 2. The van der Waals surface area contributed by atoms with Crippen molar-refractivity contribution < 1.29 is 13.9 Å². The lowest BCUT2D eigenvalue weighted by atomic mass is 10.3. The summed E-state index contributed by atoms with van der Waals surface area (Å²) in [6.07, 6.45) is 1.51. The molecule has 3 aromatic rings. The van der Waals surface area contributed by atoms with Gasteiger partial charge in [-0.25, -0.2) is 14.4 Å². The highest BCUT2D eigenvalue weighted by Gasteiger charge is 2.11. The Labute approximate surface area is 156 Å². The largest absolute Gasteiger partial charge is 0.491 e. The lowest BCUT2D eigenvalue weighted by molar-refractivity contribution is 0.102. The van der Waals surface area contributed by atoms with E-state index in [0.29, 0.717) is 5.69 Å². The van der Waals surface area contributed by atoms with E-state index in [1.54, 1.807) is 42.5 Å². The number of nitrogens with one attached hydrogen (secondary N) is 2. The average molecular weight is 366 g/mol. The zero-order valence-corrected chi connectivity index (χ0v) is 14.9. The highest BCUT2D eigenvalue weighted by Crippen LogP contribution is 2.19. The summed E-state index contributed by atoms with van der Waals surface area (Å²) in [7, 11) is 0. The predicted octanol–water partition coefficient (Wildman–Crippen LogP) is 4.40. The first-order valence-electron chi connectivity index (χ1n) is 8.44. The Balaban J connectivity index is 1.69. The van der Waals surface area contributed by atoms with E-state index in [-0.39, 0.29) is 23.4 Å². The Morgan fingerprint density at radius 3 is 2.52 bits per heavy atom. The van der Waals surface area contributed by atoms with Gasteiger partial charge in [-0.05, 0) is 56.3 Å². The van der Waals surface area contributed by atoms with Crippen LogP contribution >= 0.6 is 0 Å². The van der Waals surface area contributed by atoms with E-state index in [0.717, 1.165) is 5.75 Å².